The van der Waals surface area contributed by atoms with Crippen molar-refractivity contribution >= 4 is 22.3 Å². The minimum absolute atomic E-state index is 0.652. The Labute approximate surface area is 98.5 Å². The summed E-state index contributed by atoms with van der Waals surface area (Å²) in [4.78, 5) is 11.4. The maximum Gasteiger partial charge on any atom is 0.373 e. The summed E-state index contributed by atoms with van der Waals surface area (Å²) < 4.78 is 60.9. The zero-order chi connectivity index (χ0) is 14.3. The van der Waals surface area contributed by atoms with E-state index in [0.29, 0.717) is 0 Å². The van der Waals surface area contributed by atoms with Gasteiger partial charge >= 0.3 is 10.4 Å². The van der Waals surface area contributed by atoms with E-state index >= 15 is 0 Å². The first kappa shape index (κ1) is 14.2. The molecule has 10 heteroatoms. The summed E-state index contributed by atoms with van der Waals surface area (Å²) in [5.41, 5.74) is 3.80. The summed E-state index contributed by atoms with van der Waals surface area (Å²) in [6, 6.07) is 5.58. The number of nitrogens with one attached hydrogen (secondary N) is 1. The molecule has 0 bridgehead atoms. The first-order chi connectivity index (χ1) is 7.83. The number of hydrogen-bond acceptors (Lipinski definition) is 2. The van der Waals surface area contributed by atoms with Crippen molar-refractivity contribution < 1.29 is 24.2 Å². The second-order valence-electron chi connectivity index (χ2n) is 3.28. The lowest BCUT2D eigenvalue weighted by Gasteiger charge is -2.47. The van der Waals surface area contributed by atoms with Crippen molar-refractivity contribution in [3.63, 3.8) is 0 Å². The molecule has 0 heterocycles. The Balaban J connectivity index is 3.35. The van der Waals surface area contributed by atoms with Crippen molar-refractivity contribution in [2.45, 2.75) is 0 Å². The first-order valence-corrected chi connectivity index (χ1v) is 6.21. The topological polar surface area (TPSA) is 70.2 Å². The molecule has 18 heavy (non-hydrogen) atoms. The highest BCUT2D eigenvalue weighted by atomic mass is 32.5. The third kappa shape index (κ3) is 3.09. The van der Waals surface area contributed by atoms with Crippen molar-refractivity contribution in [3.8, 4) is 0 Å². The second-order valence-corrected chi connectivity index (χ2v) is 5.50. The normalized spacial score (nSPS) is 15.4. The number of benzene rings is 1. The number of rotatable bonds is 2. The van der Waals surface area contributed by atoms with Crippen LogP contribution in [0.3, 0.4) is 0 Å². The van der Waals surface area contributed by atoms with Gasteiger partial charge in [0.05, 0.1) is 0 Å². The first-order valence-electron chi connectivity index (χ1n) is 4.30. The van der Waals surface area contributed by atoms with Crippen molar-refractivity contribution in [1.82, 2.24) is 4.31 Å². The third-order valence-corrected chi connectivity index (χ3v) is 2.82. The highest BCUT2D eigenvalue weighted by Crippen LogP contribution is 2.99. The molecule has 0 unspecified atom stereocenters. The van der Waals surface area contributed by atoms with Crippen molar-refractivity contribution in [1.29, 1.82) is 5.41 Å². The molecule has 0 spiro atoms. The molecule has 4 nitrogen and oxygen atoms in total. The van der Waals surface area contributed by atoms with Crippen LogP contribution in [-0.4, -0.2) is 16.2 Å². The molecule has 0 aliphatic heterocycles. The maximum absolute atomic E-state index is 12.6. The average molecular weight is 289 g/mol. The van der Waals surface area contributed by atoms with Crippen LogP contribution in [0.15, 0.2) is 30.3 Å². The molecule has 1 aromatic rings. The van der Waals surface area contributed by atoms with E-state index in [1.54, 1.807) is 0 Å². The molecular weight excluding hydrogens is 281 g/mol. The van der Waals surface area contributed by atoms with Gasteiger partial charge in [0.15, 0.2) is 0 Å². The standard InChI is InChI=1S/C8H8F5N3OS/c9-18(10,11,12,13)16(8(14)15)7(17)6-4-2-1-3-5-6/h1-5H,(H3,14,15). The van der Waals surface area contributed by atoms with Gasteiger partial charge in [-0.1, -0.05) is 37.6 Å². The predicted molar refractivity (Wildman–Crippen MR) is 57.7 cm³/mol. The molecule has 0 aromatic heterocycles. The molecule has 0 fully saturated rings. The number of halogens is 5. The number of guanidine groups is 1. The van der Waals surface area contributed by atoms with Crippen LogP contribution in [0.25, 0.3) is 0 Å². The Kier molecular flexibility index (Phi) is 2.64. The molecule has 102 valence electrons. The molecule has 0 aliphatic rings. The van der Waals surface area contributed by atoms with Crippen LogP contribution in [0.2, 0.25) is 0 Å². The zero-order valence-corrected chi connectivity index (χ0v) is 9.43. The lowest BCUT2D eigenvalue weighted by molar-refractivity contribution is 0.0873. The van der Waals surface area contributed by atoms with E-state index in [9.17, 15) is 24.2 Å². The van der Waals surface area contributed by atoms with Gasteiger partial charge in [-0.15, -0.1) is 4.31 Å². The largest absolute Gasteiger partial charge is 0.373 e. The zero-order valence-electron chi connectivity index (χ0n) is 8.62. The number of amides is 1. The highest BCUT2D eigenvalue weighted by molar-refractivity contribution is 8.44. The van der Waals surface area contributed by atoms with Crippen LogP contribution in [0.1, 0.15) is 10.4 Å². The van der Waals surface area contributed by atoms with Crippen LogP contribution in [0, 0.1) is 5.41 Å². The SMILES string of the molecule is N=C(N)N(C(=O)c1ccccc1)S(F)(F)(F)(F)F. The van der Waals surface area contributed by atoms with Crippen LogP contribution in [0.4, 0.5) is 19.4 Å². The molecule has 1 amide bonds. The molecule has 1 rings (SSSR count). The molecule has 0 saturated carbocycles. The summed E-state index contributed by atoms with van der Waals surface area (Å²) in [5.74, 6) is -4.18. The van der Waals surface area contributed by atoms with Gasteiger partial charge in [-0.05, 0) is 12.1 Å². The van der Waals surface area contributed by atoms with Gasteiger partial charge < -0.3 is 5.73 Å². The minimum Gasteiger partial charge on any atom is -0.369 e. The van der Waals surface area contributed by atoms with Crippen molar-refractivity contribution in [2.75, 3.05) is 0 Å². The molecule has 0 aliphatic carbocycles. The Morgan fingerprint density at radius 3 is 1.89 bits per heavy atom. The minimum atomic E-state index is -10.4. The smallest absolute Gasteiger partial charge is 0.369 e. The Morgan fingerprint density at radius 1 is 1.11 bits per heavy atom. The molecule has 0 radical (unpaired) electrons. The van der Waals surface area contributed by atoms with Crippen LogP contribution < -0.4 is 5.73 Å². The van der Waals surface area contributed by atoms with Crippen LogP contribution in [-0.2, 0) is 0 Å². The molecule has 0 saturated heterocycles. The van der Waals surface area contributed by atoms with Crippen molar-refractivity contribution in [2.24, 2.45) is 5.73 Å². The number of hydrogen-bond donors (Lipinski definition) is 2. The van der Waals surface area contributed by atoms with E-state index < -0.39 is 32.1 Å². The van der Waals surface area contributed by atoms with E-state index in [-0.39, 0.29) is 0 Å². The Bertz CT molecular complexity index is 500. The Hall–Kier alpha value is -1.84. The van der Waals surface area contributed by atoms with Crippen LogP contribution >= 0.6 is 10.4 Å². The van der Waals surface area contributed by atoms with Gasteiger partial charge in [0, 0.05) is 5.56 Å². The van der Waals surface area contributed by atoms with E-state index in [4.69, 9.17) is 5.41 Å². The molecule has 0 atom stereocenters. The van der Waals surface area contributed by atoms with E-state index in [1.807, 2.05) is 0 Å². The second kappa shape index (κ2) is 3.34. The molecule has 1 aromatic carbocycles. The van der Waals surface area contributed by atoms with Crippen LogP contribution in [0.5, 0.6) is 0 Å². The summed E-state index contributed by atoms with van der Waals surface area (Å²) >= 11 is 0. The summed E-state index contributed by atoms with van der Waals surface area (Å²) in [5, 5.41) is 6.55. The lowest BCUT2D eigenvalue weighted by Crippen LogP contribution is -2.47. The number of carbonyl (C=O) groups is 1. The predicted octanol–water partition coefficient (Wildman–Crippen LogP) is 3.24. The summed E-state index contributed by atoms with van der Waals surface area (Å²) in [6.45, 7) is 0. The number of nitrogens with zero attached hydrogens (tertiary/aromatic N) is 1. The van der Waals surface area contributed by atoms with E-state index in [0.717, 1.165) is 12.1 Å². The fourth-order valence-electron chi connectivity index (χ4n) is 1.15. The number of nitrogens with two attached hydrogens (primary N) is 1. The fourth-order valence-corrected chi connectivity index (χ4v) is 1.94. The van der Waals surface area contributed by atoms with Gasteiger partial charge in [0.25, 0.3) is 5.91 Å². The van der Waals surface area contributed by atoms with Crippen molar-refractivity contribution in [3.05, 3.63) is 35.9 Å². The number of carbonyl (C=O) groups excluding carboxylic acids is 1. The fraction of sp³-hybridized carbons (Fsp3) is 0. The summed E-state index contributed by atoms with van der Waals surface area (Å²) in [7, 11) is -10.4. The van der Waals surface area contributed by atoms with E-state index in [2.05, 4.69) is 5.73 Å². The maximum atomic E-state index is 12.6. The molecular formula is C8H8F5N3OS. The molecule has 3 N–H and O–H groups in total. The summed E-state index contributed by atoms with van der Waals surface area (Å²) in [6.07, 6.45) is 0. The van der Waals surface area contributed by atoms with Gasteiger partial charge in [-0.25, -0.2) is 0 Å². The van der Waals surface area contributed by atoms with Gasteiger partial charge in [0.1, 0.15) is 0 Å². The van der Waals surface area contributed by atoms with Gasteiger partial charge in [0.2, 0.25) is 5.96 Å². The average Bonchev–Trinajstić information content (AvgIpc) is 2.13. The third-order valence-electron chi connectivity index (χ3n) is 1.77. The quantitative estimate of drug-likeness (QED) is 0.498. The highest BCUT2D eigenvalue weighted by Gasteiger charge is 2.72. The van der Waals surface area contributed by atoms with Gasteiger partial charge in [-0.2, -0.15) is 0 Å². The van der Waals surface area contributed by atoms with Gasteiger partial charge in [-0.3, -0.25) is 10.2 Å². The monoisotopic (exact) mass is 289 g/mol. The lowest BCUT2D eigenvalue weighted by atomic mass is 10.2. The Morgan fingerprint density at radius 2 is 1.56 bits per heavy atom. The van der Waals surface area contributed by atoms with E-state index in [1.165, 1.54) is 18.2 Å².